The van der Waals surface area contributed by atoms with Crippen LogP contribution in [-0.2, 0) is 0 Å². The SMILES string of the molecule is NC(=O)c1cccc(Sc2cc3ccccc3[nH]2)c1N. The highest BCUT2D eigenvalue weighted by Gasteiger charge is 2.11. The third kappa shape index (κ3) is 2.23. The van der Waals surface area contributed by atoms with Gasteiger partial charge in [-0.15, -0.1) is 0 Å². The molecule has 1 amide bonds. The molecule has 3 rings (SSSR count). The van der Waals surface area contributed by atoms with Crippen molar-refractivity contribution in [3.05, 3.63) is 54.1 Å². The number of anilines is 1. The number of benzene rings is 2. The number of carbonyl (C=O) groups excluding carboxylic acids is 1. The highest BCUT2D eigenvalue weighted by atomic mass is 32.2. The van der Waals surface area contributed by atoms with E-state index in [4.69, 9.17) is 11.5 Å². The Kier molecular flexibility index (Phi) is 3.12. The lowest BCUT2D eigenvalue weighted by Crippen LogP contribution is -2.13. The number of aromatic nitrogens is 1. The predicted molar refractivity (Wildman–Crippen MR) is 81.8 cm³/mol. The molecule has 0 fully saturated rings. The zero-order valence-corrected chi connectivity index (χ0v) is 11.4. The summed E-state index contributed by atoms with van der Waals surface area (Å²) in [6.45, 7) is 0. The molecule has 5 N–H and O–H groups in total. The van der Waals surface area contributed by atoms with Crippen LogP contribution < -0.4 is 11.5 Å². The number of nitrogens with two attached hydrogens (primary N) is 2. The Morgan fingerprint density at radius 3 is 2.65 bits per heavy atom. The van der Waals surface area contributed by atoms with Crippen LogP contribution >= 0.6 is 11.8 Å². The maximum absolute atomic E-state index is 11.3. The van der Waals surface area contributed by atoms with E-state index in [9.17, 15) is 4.79 Å². The molecular weight excluding hydrogens is 270 g/mol. The topological polar surface area (TPSA) is 84.9 Å². The zero-order valence-electron chi connectivity index (χ0n) is 10.6. The summed E-state index contributed by atoms with van der Waals surface area (Å²) in [4.78, 5) is 15.4. The molecule has 3 aromatic rings. The van der Waals surface area contributed by atoms with Crippen molar-refractivity contribution in [2.24, 2.45) is 5.73 Å². The summed E-state index contributed by atoms with van der Waals surface area (Å²) in [5.41, 5.74) is 13.1. The number of para-hydroxylation sites is 2. The largest absolute Gasteiger partial charge is 0.397 e. The van der Waals surface area contributed by atoms with E-state index in [1.54, 1.807) is 12.1 Å². The fourth-order valence-corrected chi connectivity index (χ4v) is 3.02. The van der Waals surface area contributed by atoms with Crippen molar-refractivity contribution in [3.8, 4) is 0 Å². The number of carbonyl (C=O) groups is 1. The van der Waals surface area contributed by atoms with Gasteiger partial charge >= 0.3 is 0 Å². The van der Waals surface area contributed by atoms with Crippen LogP contribution in [-0.4, -0.2) is 10.9 Å². The second kappa shape index (κ2) is 4.94. The van der Waals surface area contributed by atoms with Crippen molar-refractivity contribution in [2.45, 2.75) is 9.92 Å². The molecule has 0 aliphatic carbocycles. The van der Waals surface area contributed by atoms with Gasteiger partial charge in [0.05, 0.1) is 16.3 Å². The van der Waals surface area contributed by atoms with Crippen LogP contribution in [0.1, 0.15) is 10.4 Å². The molecule has 0 aliphatic heterocycles. The van der Waals surface area contributed by atoms with Gasteiger partial charge in [-0.25, -0.2) is 0 Å². The van der Waals surface area contributed by atoms with E-state index in [1.165, 1.54) is 11.8 Å². The maximum atomic E-state index is 11.3. The van der Waals surface area contributed by atoms with E-state index in [0.29, 0.717) is 11.3 Å². The summed E-state index contributed by atoms with van der Waals surface area (Å²) < 4.78 is 0. The molecule has 2 aromatic carbocycles. The summed E-state index contributed by atoms with van der Waals surface area (Å²) in [7, 11) is 0. The standard InChI is InChI=1S/C15H13N3OS/c16-14-10(15(17)19)5-3-7-12(14)20-13-8-9-4-1-2-6-11(9)18-13/h1-8,18H,16H2,(H2,17,19). The average molecular weight is 283 g/mol. The van der Waals surface area contributed by atoms with Gasteiger partial charge in [-0.1, -0.05) is 36.0 Å². The molecule has 4 nitrogen and oxygen atoms in total. The van der Waals surface area contributed by atoms with E-state index in [2.05, 4.69) is 11.1 Å². The molecule has 1 aromatic heterocycles. The molecule has 0 bridgehead atoms. The molecule has 0 atom stereocenters. The molecule has 5 heteroatoms. The van der Waals surface area contributed by atoms with Crippen LogP contribution in [0, 0.1) is 0 Å². The Hall–Kier alpha value is -2.40. The molecule has 1 heterocycles. The lowest BCUT2D eigenvalue weighted by atomic mass is 10.2. The van der Waals surface area contributed by atoms with Crippen LogP contribution in [0.3, 0.4) is 0 Å². The highest BCUT2D eigenvalue weighted by Crippen LogP contribution is 2.34. The third-order valence-electron chi connectivity index (χ3n) is 3.06. The van der Waals surface area contributed by atoms with Gasteiger partial charge in [0.1, 0.15) is 0 Å². The minimum atomic E-state index is -0.512. The normalized spacial score (nSPS) is 10.8. The Bertz CT molecular complexity index is 762. The maximum Gasteiger partial charge on any atom is 0.250 e. The second-order valence-electron chi connectivity index (χ2n) is 4.40. The van der Waals surface area contributed by atoms with Gasteiger partial charge in [-0.05, 0) is 24.3 Å². The van der Waals surface area contributed by atoms with Crippen LogP contribution in [0.15, 0.2) is 58.5 Å². The summed E-state index contributed by atoms with van der Waals surface area (Å²) in [5, 5.41) is 2.11. The molecule has 0 unspecified atom stereocenters. The Morgan fingerprint density at radius 2 is 1.90 bits per heavy atom. The molecule has 20 heavy (non-hydrogen) atoms. The van der Waals surface area contributed by atoms with Gasteiger partial charge in [0.2, 0.25) is 0 Å². The van der Waals surface area contributed by atoms with Crippen molar-refractivity contribution < 1.29 is 4.79 Å². The number of primary amides is 1. The monoisotopic (exact) mass is 283 g/mol. The zero-order chi connectivity index (χ0) is 14.1. The Morgan fingerprint density at radius 1 is 1.10 bits per heavy atom. The summed E-state index contributed by atoms with van der Waals surface area (Å²) in [6.07, 6.45) is 0. The van der Waals surface area contributed by atoms with Crippen molar-refractivity contribution in [1.29, 1.82) is 0 Å². The Labute approximate surface area is 120 Å². The summed E-state index contributed by atoms with van der Waals surface area (Å²) >= 11 is 1.48. The lowest BCUT2D eigenvalue weighted by Gasteiger charge is -2.07. The fraction of sp³-hybridized carbons (Fsp3) is 0. The minimum Gasteiger partial charge on any atom is -0.397 e. The first-order chi connectivity index (χ1) is 9.65. The molecule has 0 saturated heterocycles. The molecule has 0 radical (unpaired) electrons. The number of amides is 1. The number of nitrogen functional groups attached to an aromatic ring is 1. The van der Waals surface area contributed by atoms with E-state index >= 15 is 0 Å². The van der Waals surface area contributed by atoms with Crippen LogP contribution in [0.5, 0.6) is 0 Å². The van der Waals surface area contributed by atoms with Gasteiger partial charge in [-0.3, -0.25) is 4.79 Å². The van der Waals surface area contributed by atoms with Gasteiger partial charge < -0.3 is 16.5 Å². The smallest absolute Gasteiger partial charge is 0.250 e. The Balaban J connectivity index is 1.98. The molecule has 0 aliphatic rings. The van der Waals surface area contributed by atoms with E-state index in [-0.39, 0.29) is 0 Å². The third-order valence-corrected chi connectivity index (χ3v) is 4.07. The van der Waals surface area contributed by atoms with E-state index < -0.39 is 5.91 Å². The average Bonchev–Trinajstić information content (AvgIpc) is 2.83. The first kappa shape index (κ1) is 12.6. The van der Waals surface area contributed by atoms with E-state index in [0.717, 1.165) is 20.8 Å². The van der Waals surface area contributed by atoms with Crippen LogP contribution in [0.25, 0.3) is 10.9 Å². The number of rotatable bonds is 3. The second-order valence-corrected chi connectivity index (χ2v) is 5.49. The predicted octanol–water partition coefficient (Wildman–Crippen LogP) is 3.00. The van der Waals surface area contributed by atoms with Crippen molar-refractivity contribution in [2.75, 3.05) is 5.73 Å². The summed E-state index contributed by atoms with van der Waals surface area (Å²) in [5.74, 6) is -0.512. The van der Waals surface area contributed by atoms with E-state index in [1.807, 2.05) is 30.3 Å². The van der Waals surface area contributed by atoms with Gasteiger partial charge in [-0.2, -0.15) is 0 Å². The quantitative estimate of drug-likeness (QED) is 0.646. The molecule has 0 saturated carbocycles. The summed E-state index contributed by atoms with van der Waals surface area (Å²) in [6, 6.07) is 15.4. The van der Waals surface area contributed by atoms with Crippen molar-refractivity contribution in [1.82, 2.24) is 4.98 Å². The van der Waals surface area contributed by atoms with Crippen molar-refractivity contribution in [3.63, 3.8) is 0 Å². The van der Waals surface area contributed by atoms with Crippen molar-refractivity contribution >= 4 is 34.3 Å². The number of aromatic amines is 1. The minimum absolute atomic E-state index is 0.353. The van der Waals surface area contributed by atoms with Gasteiger partial charge in [0, 0.05) is 15.8 Å². The first-order valence-corrected chi connectivity index (χ1v) is 6.90. The van der Waals surface area contributed by atoms with Gasteiger partial charge in [0.15, 0.2) is 0 Å². The lowest BCUT2D eigenvalue weighted by molar-refractivity contribution is 0.100. The molecule has 100 valence electrons. The molecule has 0 spiro atoms. The number of fused-ring (bicyclic) bond motifs is 1. The number of H-pyrrole nitrogens is 1. The van der Waals surface area contributed by atoms with Gasteiger partial charge in [0.25, 0.3) is 5.91 Å². The van der Waals surface area contributed by atoms with Crippen LogP contribution in [0.4, 0.5) is 5.69 Å². The number of hydrogen-bond donors (Lipinski definition) is 3. The first-order valence-electron chi connectivity index (χ1n) is 6.09. The highest BCUT2D eigenvalue weighted by molar-refractivity contribution is 7.99. The van der Waals surface area contributed by atoms with Crippen LogP contribution in [0.2, 0.25) is 0 Å². The number of hydrogen-bond acceptors (Lipinski definition) is 3. The molecular formula is C15H13N3OS. The fourth-order valence-electron chi connectivity index (χ4n) is 2.07. The number of nitrogens with one attached hydrogen (secondary N) is 1.